The largest absolute Gasteiger partial charge is 0.357 e. The van der Waals surface area contributed by atoms with Crippen molar-refractivity contribution in [1.29, 1.82) is 0 Å². The quantitative estimate of drug-likeness (QED) is 0.319. The van der Waals surface area contributed by atoms with Gasteiger partial charge in [-0.2, -0.15) is 0 Å². The number of amides is 3. The molecule has 1 unspecified atom stereocenters. The molecule has 42 heavy (non-hydrogen) atoms. The smallest absolute Gasteiger partial charge is 0.246 e. The molecule has 0 spiro atoms. The van der Waals surface area contributed by atoms with Gasteiger partial charge >= 0.3 is 0 Å². The van der Waals surface area contributed by atoms with E-state index in [0.29, 0.717) is 19.3 Å². The molecule has 0 aromatic heterocycles. The van der Waals surface area contributed by atoms with Crippen LogP contribution in [0, 0.1) is 0 Å². The first-order chi connectivity index (χ1) is 20.2. The lowest BCUT2D eigenvalue weighted by molar-refractivity contribution is -0.146. The fourth-order valence-corrected chi connectivity index (χ4v) is 5.38. The summed E-state index contributed by atoms with van der Waals surface area (Å²) in [5.74, 6) is -0.835. The summed E-state index contributed by atoms with van der Waals surface area (Å²) >= 11 is 0. The van der Waals surface area contributed by atoms with Crippen LogP contribution >= 0.6 is 0 Å². The second kappa shape index (κ2) is 14.1. The molecular weight excluding hydrogens is 524 g/mol. The molecule has 0 heterocycles. The fraction of sp³-hybridized carbons (Fsp3) is 0.343. The van der Waals surface area contributed by atoms with Crippen LogP contribution in [-0.2, 0) is 27.2 Å². The van der Waals surface area contributed by atoms with E-state index >= 15 is 0 Å². The van der Waals surface area contributed by atoms with Crippen LogP contribution in [0.15, 0.2) is 97.1 Å². The summed E-state index contributed by atoms with van der Waals surface area (Å²) in [4.78, 5) is 43.4. The molecule has 3 amide bonds. The third kappa shape index (κ3) is 7.74. The molecule has 0 radical (unpaired) electrons. The van der Waals surface area contributed by atoms with Crippen molar-refractivity contribution >= 4 is 17.7 Å². The van der Waals surface area contributed by atoms with Crippen molar-refractivity contribution in [2.45, 2.75) is 56.1 Å². The molecule has 1 saturated carbocycles. The summed E-state index contributed by atoms with van der Waals surface area (Å²) in [6.07, 6.45) is 7.65. The highest BCUT2D eigenvalue weighted by Gasteiger charge is 2.35. The number of rotatable bonds is 12. The SMILES string of the molecule is CNC(=O)[C@H](Cc1ccccc1)N(C)C(=O)C(Cc1ccc(-c2ccccc2)cc1)N(C)C(=O)/C=C/CC1(N)CCC1. The Hall–Kier alpha value is -4.23. The van der Waals surface area contributed by atoms with E-state index < -0.39 is 12.1 Å². The average Bonchev–Trinajstić information content (AvgIpc) is 3.01. The van der Waals surface area contributed by atoms with Gasteiger partial charge in [-0.05, 0) is 54.0 Å². The highest BCUT2D eigenvalue weighted by molar-refractivity contribution is 5.95. The number of nitrogens with zero attached hydrogens (tertiary/aromatic N) is 2. The Bertz CT molecular complexity index is 1370. The van der Waals surface area contributed by atoms with Crippen LogP contribution in [-0.4, -0.2) is 66.3 Å². The van der Waals surface area contributed by atoms with Crippen LogP contribution in [0.3, 0.4) is 0 Å². The van der Waals surface area contributed by atoms with Crippen molar-refractivity contribution in [2.75, 3.05) is 21.1 Å². The summed E-state index contributed by atoms with van der Waals surface area (Å²) < 4.78 is 0. The maximum Gasteiger partial charge on any atom is 0.246 e. The van der Waals surface area contributed by atoms with Gasteiger partial charge in [-0.3, -0.25) is 14.4 Å². The second-order valence-corrected chi connectivity index (χ2v) is 11.3. The second-order valence-electron chi connectivity index (χ2n) is 11.3. The van der Waals surface area contributed by atoms with Gasteiger partial charge < -0.3 is 20.9 Å². The number of hydrogen-bond acceptors (Lipinski definition) is 4. The molecular formula is C35H42N4O3. The summed E-state index contributed by atoms with van der Waals surface area (Å²) in [7, 11) is 4.85. The average molecular weight is 567 g/mol. The highest BCUT2D eigenvalue weighted by Crippen LogP contribution is 2.32. The van der Waals surface area contributed by atoms with E-state index in [9.17, 15) is 14.4 Å². The minimum absolute atomic E-state index is 0.233. The predicted molar refractivity (Wildman–Crippen MR) is 167 cm³/mol. The monoisotopic (exact) mass is 566 g/mol. The molecule has 4 rings (SSSR count). The number of likely N-dealkylation sites (N-methyl/N-ethyl adjacent to an activating group) is 3. The van der Waals surface area contributed by atoms with Gasteiger partial charge in [0.15, 0.2) is 0 Å². The molecule has 220 valence electrons. The molecule has 3 N–H and O–H groups in total. The first-order valence-electron chi connectivity index (χ1n) is 14.6. The van der Waals surface area contributed by atoms with Gasteiger partial charge in [0.25, 0.3) is 0 Å². The van der Waals surface area contributed by atoms with Crippen molar-refractivity contribution in [3.8, 4) is 11.1 Å². The van der Waals surface area contributed by atoms with Crippen LogP contribution in [0.4, 0.5) is 0 Å². The molecule has 0 aliphatic heterocycles. The zero-order valence-corrected chi connectivity index (χ0v) is 24.8. The molecule has 3 aromatic carbocycles. The summed E-state index contributed by atoms with van der Waals surface area (Å²) in [6.45, 7) is 0. The van der Waals surface area contributed by atoms with E-state index in [4.69, 9.17) is 5.73 Å². The van der Waals surface area contributed by atoms with Crippen LogP contribution in [0.5, 0.6) is 0 Å². The minimum Gasteiger partial charge on any atom is -0.357 e. The van der Waals surface area contributed by atoms with E-state index in [1.807, 2.05) is 78.9 Å². The van der Waals surface area contributed by atoms with Crippen LogP contribution < -0.4 is 11.1 Å². The van der Waals surface area contributed by atoms with Crippen molar-refractivity contribution in [3.05, 3.63) is 108 Å². The highest BCUT2D eigenvalue weighted by atomic mass is 16.2. The van der Waals surface area contributed by atoms with Gasteiger partial charge in [-0.1, -0.05) is 91.0 Å². The van der Waals surface area contributed by atoms with Crippen LogP contribution in [0.25, 0.3) is 11.1 Å². The lowest BCUT2D eigenvalue weighted by Gasteiger charge is -2.37. The topological polar surface area (TPSA) is 95.7 Å². The molecule has 3 aromatic rings. The maximum atomic E-state index is 14.1. The van der Waals surface area contributed by atoms with E-state index in [-0.39, 0.29) is 23.3 Å². The van der Waals surface area contributed by atoms with E-state index in [1.165, 1.54) is 15.9 Å². The Labute approximate surface area is 249 Å². The number of nitrogens with two attached hydrogens (primary N) is 1. The molecule has 7 heteroatoms. The van der Waals surface area contributed by atoms with Crippen molar-refractivity contribution in [3.63, 3.8) is 0 Å². The van der Waals surface area contributed by atoms with Gasteiger partial charge in [-0.15, -0.1) is 0 Å². The first kappa shape index (κ1) is 30.7. The molecule has 2 atom stereocenters. The Balaban J connectivity index is 1.58. The number of benzene rings is 3. The normalized spacial score (nSPS) is 15.3. The van der Waals surface area contributed by atoms with Gasteiger partial charge in [0, 0.05) is 39.5 Å². The van der Waals surface area contributed by atoms with Crippen LogP contribution in [0.1, 0.15) is 36.8 Å². The van der Waals surface area contributed by atoms with E-state index in [0.717, 1.165) is 41.5 Å². The van der Waals surface area contributed by atoms with Gasteiger partial charge in [0.2, 0.25) is 17.7 Å². The fourth-order valence-electron chi connectivity index (χ4n) is 5.38. The number of carbonyl (C=O) groups excluding carboxylic acids is 3. The lowest BCUT2D eigenvalue weighted by Crippen LogP contribution is -2.55. The van der Waals surface area contributed by atoms with Crippen molar-refractivity contribution in [2.24, 2.45) is 5.73 Å². The minimum atomic E-state index is -0.812. The van der Waals surface area contributed by atoms with Gasteiger partial charge in [0.05, 0.1) is 0 Å². The first-order valence-corrected chi connectivity index (χ1v) is 14.6. The molecule has 1 fully saturated rings. The zero-order valence-electron chi connectivity index (χ0n) is 24.8. The number of carbonyl (C=O) groups is 3. The Morgan fingerprint density at radius 2 is 1.36 bits per heavy atom. The summed E-state index contributed by atoms with van der Waals surface area (Å²) in [6, 6.07) is 26.2. The predicted octanol–water partition coefficient (Wildman–Crippen LogP) is 4.37. The van der Waals surface area contributed by atoms with Gasteiger partial charge in [-0.25, -0.2) is 0 Å². The lowest BCUT2D eigenvalue weighted by atomic mass is 9.75. The Morgan fingerprint density at radius 3 is 1.93 bits per heavy atom. The number of hydrogen-bond donors (Lipinski definition) is 2. The Morgan fingerprint density at radius 1 is 0.810 bits per heavy atom. The third-order valence-corrected chi connectivity index (χ3v) is 8.36. The van der Waals surface area contributed by atoms with E-state index in [2.05, 4.69) is 17.4 Å². The maximum absolute atomic E-state index is 14.1. The summed E-state index contributed by atoms with van der Waals surface area (Å²) in [5, 5.41) is 2.70. The molecule has 0 bridgehead atoms. The van der Waals surface area contributed by atoms with Crippen molar-refractivity contribution < 1.29 is 14.4 Å². The standard InChI is InChI=1S/C35H42N4O3/c1-37-33(41)30(24-26-12-6-4-7-13-26)39(3)34(42)31(38(2)32(40)16-10-21-35(36)22-11-23-35)25-27-17-19-29(20-18-27)28-14-8-5-9-15-28/h4-10,12-20,30-31H,11,21-25,36H2,1-3H3,(H,37,41)/b16-10+/t30-,31?/m0/s1. The van der Waals surface area contributed by atoms with Crippen molar-refractivity contribution in [1.82, 2.24) is 15.1 Å². The van der Waals surface area contributed by atoms with E-state index in [1.54, 1.807) is 21.1 Å². The zero-order chi connectivity index (χ0) is 30.1. The molecule has 1 aliphatic rings. The van der Waals surface area contributed by atoms with Gasteiger partial charge in [0.1, 0.15) is 12.1 Å². The molecule has 7 nitrogen and oxygen atoms in total. The van der Waals surface area contributed by atoms with Crippen LogP contribution in [0.2, 0.25) is 0 Å². The number of nitrogens with one attached hydrogen (secondary N) is 1. The third-order valence-electron chi connectivity index (χ3n) is 8.36. The molecule has 1 aliphatic carbocycles. The Kier molecular flexibility index (Phi) is 10.3. The molecule has 0 saturated heterocycles. The summed E-state index contributed by atoms with van der Waals surface area (Å²) in [5.41, 5.74) is 10.1.